The largest absolute Gasteiger partial charge is 0.481 e. The molecular weight excluding hydrogens is 307 g/mol. The fourth-order valence-corrected chi connectivity index (χ4v) is 2.44. The number of carbonyl (C=O) groups is 1. The van der Waals surface area contributed by atoms with Crippen LogP contribution >= 0.6 is 0 Å². The second-order valence-electron chi connectivity index (χ2n) is 5.91. The standard InChI is InChI=1S/C19H21FN2O2/c1-12(2)18-16(6-4-5-7-17(23)24)19(22-13(3)21-18)14-8-10-15(20)11-9-14/h4,6,8-12H,5,7H2,1-3H3,(H,23,24)/b6-4+. The molecule has 5 heteroatoms. The normalized spacial score (nSPS) is 11.4. The Hall–Kier alpha value is -2.56. The van der Waals surface area contributed by atoms with E-state index in [-0.39, 0.29) is 18.2 Å². The number of halogens is 1. The predicted octanol–water partition coefficient (Wildman–Crippen LogP) is 4.59. The first-order chi connectivity index (χ1) is 11.4. The summed E-state index contributed by atoms with van der Waals surface area (Å²) < 4.78 is 13.2. The maximum absolute atomic E-state index is 13.2. The van der Waals surface area contributed by atoms with E-state index in [1.165, 1.54) is 12.1 Å². The number of benzene rings is 1. The van der Waals surface area contributed by atoms with Gasteiger partial charge in [0, 0.05) is 17.5 Å². The molecule has 0 aliphatic heterocycles. The number of aromatic nitrogens is 2. The molecule has 0 bridgehead atoms. The van der Waals surface area contributed by atoms with Gasteiger partial charge in [-0.25, -0.2) is 14.4 Å². The first kappa shape index (κ1) is 17.8. The van der Waals surface area contributed by atoms with Crippen LogP contribution < -0.4 is 0 Å². The van der Waals surface area contributed by atoms with E-state index in [1.54, 1.807) is 12.1 Å². The van der Waals surface area contributed by atoms with Gasteiger partial charge in [-0.05, 0) is 43.5 Å². The van der Waals surface area contributed by atoms with Crippen molar-refractivity contribution in [1.29, 1.82) is 0 Å². The fraction of sp³-hybridized carbons (Fsp3) is 0.316. The lowest BCUT2D eigenvalue weighted by Crippen LogP contribution is -2.04. The number of carboxylic acids is 1. The molecule has 0 unspecified atom stereocenters. The minimum atomic E-state index is -0.831. The highest BCUT2D eigenvalue weighted by atomic mass is 19.1. The van der Waals surface area contributed by atoms with Crippen LogP contribution in [0.4, 0.5) is 4.39 Å². The zero-order chi connectivity index (χ0) is 17.7. The summed E-state index contributed by atoms with van der Waals surface area (Å²) in [7, 11) is 0. The van der Waals surface area contributed by atoms with Gasteiger partial charge in [0.1, 0.15) is 11.6 Å². The van der Waals surface area contributed by atoms with Crippen LogP contribution in [0.25, 0.3) is 17.3 Å². The van der Waals surface area contributed by atoms with Crippen LogP contribution in [0.3, 0.4) is 0 Å². The Bertz CT molecular complexity index is 753. The van der Waals surface area contributed by atoms with E-state index in [4.69, 9.17) is 5.11 Å². The van der Waals surface area contributed by atoms with E-state index >= 15 is 0 Å². The van der Waals surface area contributed by atoms with Crippen molar-refractivity contribution in [1.82, 2.24) is 9.97 Å². The molecule has 4 nitrogen and oxygen atoms in total. The molecular formula is C19H21FN2O2. The maximum atomic E-state index is 13.2. The van der Waals surface area contributed by atoms with Crippen molar-refractivity contribution >= 4 is 12.0 Å². The van der Waals surface area contributed by atoms with Gasteiger partial charge in [0.2, 0.25) is 0 Å². The van der Waals surface area contributed by atoms with Gasteiger partial charge in [0.05, 0.1) is 11.4 Å². The molecule has 2 rings (SSSR count). The van der Waals surface area contributed by atoms with Crippen LogP contribution in [0.5, 0.6) is 0 Å². The molecule has 1 aromatic carbocycles. The molecule has 0 aliphatic carbocycles. The van der Waals surface area contributed by atoms with E-state index < -0.39 is 5.97 Å². The van der Waals surface area contributed by atoms with Gasteiger partial charge in [-0.15, -0.1) is 0 Å². The molecule has 0 spiro atoms. The third-order valence-electron chi connectivity index (χ3n) is 3.56. The molecule has 0 atom stereocenters. The van der Waals surface area contributed by atoms with Crippen LogP contribution in [-0.4, -0.2) is 21.0 Å². The summed E-state index contributed by atoms with van der Waals surface area (Å²) in [6.07, 6.45) is 4.20. The smallest absolute Gasteiger partial charge is 0.303 e. The third-order valence-corrected chi connectivity index (χ3v) is 3.56. The molecule has 0 saturated carbocycles. The highest BCUT2D eigenvalue weighted by Gasteiger charge is 2.15. The lowest BCUT2D eigenvalue weighted by Gasteiger charge is -2.14. The Kier molecular flexibility index (Phi) is 5.79. The summed E-state index contributed by atoms with van der Waals surface area (Å²) in [6, 6.07) is 6.19. The van der Waals surface area contributed by atoms with Crippen molar-refractivity contribution in [3.8, 4) is 11.3 Å². The van der Waals surface area contributed by atoms with Crippen LogP contribution in [-0.2, 0) is 4.79 Å². The summed E-state index contributed by atoms with van der Waals surface area (Å²) in [4.78, 5) is 19.7. The summed E-state index contributed by atoms with van der Waals surface area (Å²) in [6.45, 7) is 5.92. The number of aliphatic carboxylic acids is 1. The van der Waals surface area contributed by atoms with Crippen LogP contribution in [0.1, 0.15) is 49.7 Å². The van der Waals surface area contributed by atoms with E-state index in [0.29, 0.717) is 12.2 Å². The second kappa shape index (κ2) is 7.81. The van der Waals surface area contributed by atoms with Gasteiger partial charge in [-0.3, -0.25) is 4.79 Å². The quantitative estimate of drug-likeness (QED) is 0.842. The fourth-order valence-electron chi connectivity index (χ4n) is 2.44. The number of hydrogen-bond acceptors (Lipinski definition) is 3. The molecule has 0 amide bonds. The zero-order valence-corrected chi connectivity index (χ0v) is 14.1. The number of allylic oxidation sites excluding steroid dienone is 1. The predicted molar refractivity (Wildman–Crippen MR) is 92.2 cm³/mol. The lowest BCUT2D eigenvalue weighted by atomic mass is 9.97. The van der Waals surface area contributed by atoms with Crippen LogP contribution in [0.15, 0.2) is 30.3 Å². The Morgan fingerprint density at radius 1 is 1.25 bits per heavy atom. The zero-order valence-electron chi connectivity index (χ0n) is 14.1. The third kappa shape index (κ3) is 4.47. The Morgan fingerprint density at radius 2 is 1.92 bits per heavy atom. The van der Waals surface area contributed by atoms with Crippen molar-refractivity contribution in [3.05, 3.63) is 53.2 Å². The number of aryl methyl sites for hydroxylation is 1. The van der Waals surface area contributed by atoms with Gasteiger partial charge in [0.15, 0.2) is 0 Å². The SMILES string of the molecule is Cc1nc(-c2ccc(F)cc2)c(/C=C/CCC(=O)O)c(C(C)C)n1. The van der Waals surface area contributed by atoms with Gasteiger partial charge in [-0.2, -0.15) is 0 Å². The van der Waals surface area contributed by atoms with E-state index in [0.717, 1.165) is 22.5 Å². The highest BCUT2D eigenvalue weighted by molar-refractivity contribution is 5.74. The molecule has 126 valence electrons. The van der Waals surface area contributed by atoms with Crippen molar-refractivity contribution in [3.63, 3.8) is 0 Å². The molecule has 24 heavy (non-hydrogen) atoms. The molecule has 0 fully saturated rings. The summed E-state index contributed by atoms with van der Waals surface area (Å²) in [5, 5.41) is 8.75. The van der Waals surface area contributed by atoms with Crippen LogP contribution in [0.2, 0.25) is 0 Å². The minimum Gasteiger partial charge on any atom is -0.481 e. The molecule has 0 aliphatic rings. The number of rotatable bonds is 6. The Balaban J connectivity index is 2.51. The van der Waals surface area contributed by atoms with E-state index in [2.05, 4.69) is 9.97 Å². The summed E-state index contributed by atoms with van der Waals surface area (Å²) in [5.41, 5.74) is 3.29. The lowest BCUT2D eigenvalue weighted by molar-refractivity contribution is -0.136. The molecule has 1 aromatic heterocycles. The maximum Gasteiger partial charge on any atom is 0.303 e. The highest BCUT2D eigenvalue weighted by Crippen LogP contribution is 2.29. The van der Waals surface area contributed by atoms with Gasteiger partial charge in [-0.1, -0.05) is 26.0 Å². The van der Waals surface area contributed by atoms with E-state index in [1.807, 2.05) is 32.9 Å². The number of nitrogens with zero attached hydrogens (tertiary/aromatic N) is 2. The summed E-state index contributed by atoms with van der Waals surface area (Å²) >= 11 is 0. The second-order valence-corrected chi connectivity index (χ2v) is 5.91. The Labute approximate surface area is 141 Å². The summed E-state index contributed by atoms with van der Waals surface area (Å²) in [5.74, 6) is -0.291. The molecule has 0 radical (unpaired) electrons. The van der Waals surface area contributed by atoms with Crippen molar-refractivity contribution in [2.75, 3.05) is 0 Å². The minimum absolute atomic E-state index is 0.0755. The van der Waals surface area contributed by atoms with E-state index in [9.17, 15) is 9.18 Å². The monoisotopic (exact) mass is 328 g/mol. The first-order valence-corrected chi connectivity index (χ1v) is 7.91. The molecule has 1 N–H and O–H groups in total. The van der Waals surface area contributed by atoms with Crippen LogP contribution in [0, 0.1) is 12.7 Å². The molecule has 1 heterocycles. The average molecular weight is 328 g/mol. The van der Waals surface area contributed by atoms with Gasteiger partial charge in [0.25, 0.3) is 0 Å². The van der Waals surface area contributed by atoms with Gasteiger partial charge < -0.3 is 5.11 Å². The van der Waals surface area contributed by atoms with Crippen molar-refractivity contribution < 1.29 is 14.3 Å². The average Bonchev–Trinajstić information content (AvgIpc) is 2.52. The van der Waals surface area contributed by atoms with Crippen molar-refractivity contribution in [2.24, 2.45) is 0 Å². The molecule has 0 saturated heterocycles. The van der Waals surface area contributed by atoms with Crippen molar-refractivity contribution in [2.45, 2.75) is 39.5 Å². The Morgan fingerprint density at radius 3 is 2.50 bits per heavy atom. The first-order valence-electron chi connectivity index (χ1n) is 7.91. The number of carboxylic acid groups (broad SMARTS) is 1. The number of hydrogen-bond donors (Lipinski definition) is 1. The topological polar surface area (TPSA) is 63.1 Å². The van der Waals surface area contributed by atoms with Gasteiger partial charge >= 0.3 is 5.97 Å². The molecule has 2 aromatic rings.